The minimum Gasteiger partial charge on any atom is -0.465 e. The molecule has 0 bridgehead atoms. The molecular weight excluding hydrogens is 262 g/mol. The molecule has 0 spiro atoms. The molecule has 0 aliphatic carbocycles. The largest absolute Gasteiger partial charge is 0.465 e. The van der Waals surface area contributed by atoms with Gasteiger partial charge in [0, 0.05) is 5.02 Å². The van der Waals surface area contributed by atoms with Gasteiger partial charge >= 0.3 is 0 Å². The third-order valence-corrected chi connectivity index (χ3v) is 3.35. The van der Waals surface area contributed by atoms with Crippen molar-refractivity contribution >= 4 is 11.6 Å². The van der Waals surface area contributed by atoms with Crippen LogP contribution < -0.4 is 5.32 Å². The number of halogens is 1. The van der Waals surface area contributed by atoms with Crippen molar-refractivity contribution < 1.29 is 9.52 Å². The van der Waals surface area contributed by atoms with Crippen LogP contribution >= 0.6 is 11.6 Å². The molecule has 0 aliphatic rings. The molecule has 2 atom stereocenters. The Kier molecular flexibility index (Phi) is 4.64. The Morgan fingerprint density at radius 2 is 1.89 bits per heavy atom. The Labute approximate surface area is 118 Å². The lowest BCUT2D eigenvalue weighted by Gasteiger charge is -2.21. The molecule has 3 nitrogen and oxygen atoms in total. The first kappa shape index (κ1) is 14.1. The molecule has 2 aromatic rings. The summed E-state index contributed by atoms with van der Waals surface area (Å²) in [4.78, 5) is 0. The smallest absolute Gasteiger partial charge is 0.120 e. The number of aliphatic hydroxyl groups is 1. The van der Waals surface area contributed by atoms with Gasteiger partial charge < -0.3 is 9.52 Å². The number of nitrogens with one attached hydrogen (secondary N) is 1. The van der Waals surface area contributed by atoms with E-state index in [-0.39, 0.29) is 18.7 Å². The lowest BCUT2D eigenvalue weighted by Crippen LogP contribution is -2.27. The molecule has 0 aliphatic heterocycles. The first-order valence-electron chi connectivity index (χ1n) is 6.29. The van der Waals surface area contributed by atoms with E-state index in [9.17, 15) is 5.11 Å². The quantitative estimate of drug-likeness (QED) is 0.878. The molecule has 2 N–H and O–H groups in total. The first-order chi connectivity index (χ1) is 9.10. The van der Waals surface area contributed by atoms with Crippen LogP contribution in [0.4, 0.5) is 0 Å². The fourth-order valence-electron chi connectivity index (χ4n) is 2.02. The summed E-state index contributed by atoms with van der Waals surface area (Å²) in [5.74, 6) is 1.75. The van der Waals surface area contributed by atoms with Gasteiger partial charge in [0.05, 0.1) is 18.7 Å². The molecule has 19 heavy (non-hydrogen) atoms. The summed E-state index contributed by atoms with van der Waals surface area (Å²) in [5.41, 5.74) is 1.00. The molecule has 1 heterocycles. The van der Waals surface area contributed by atoms with E-state index in [2.05, 4.69) is 5.32 Å². The Hall–Kier alpha value is -1.29. The Bertz CT molecular complexity index is 521. The molecule has 102 valence electrons. The van der Waals surface area contributed by atoms with Crippen LogP contribution in [0, 0.1) is 6.92 Å². The van der Waals surface area contributed by atoms with Crippen molar-refractivity contribution in [2.75, 3.05) is 6.61 Å². The predicted molar refractivity (Wildman–Crippen MR) is 76.3 cm³/mol. The normalized spacial score (nSPS) is 14.3. The highest BCUT2D eigenvalue weighted by Crippen LogP contribution is 2.22. The molecule has 4 heteroatoms. The first-order valence-corrected chi connectivity index (χ1v) is 6.66. The monoisotopic (exact) mass is 279 g/mol. The van der Waals surface area contributed by atoms with E-state index >= 15 is 0 Å². The van der Waals surface area contributed by atoms with Gasteiger partial charge in [-0.1, -0.05) is 23.7 Å². The van der Waals surface area contributed by atoms with Gasteiger partial charge in [0.25, 0.3) is 0 Å². The minimum absolute atomic E-state index is 0.0195. The van der Waals surface area contributed by atoms with Gasteiger partial charge in [-0.25, -0.2) is 0 Å². The SMILES string of the molecule is Cc1ccc(C(C)NC(CO)c2ccc(Cl)cc2)o1. The topological polar surface area (TPSA) is 45.4 Å². The zero-order chi connectivity index (χ0) is 13.8. The van der Waals surface area contributed by atoms with E-state index in [0.717, 1.165) is 17.1 Å². The van der Waals surface area contributed by atoms with Crippen LogP contribution in [-0.2, 0) is 0 Å². The van der Waals surface area contributed by atoms with Crippen molar-refractivity contribution in [2.24, 2.45) is 0 Å². The van der Waals surface area contributed by atoms with Gasteiger partial charge in [-0.05, 0) is 43.7 Å². The van der Waals surface area contributed by atoms with Gasteiger partial charge in [0.15, 0.2) is 0 Å². The maximum absolute atomic E-state index is 9.52. The van der Waals surface area contributed by atoms with E-state index in [0.29, 0.717) is 5.02 Å². The maximum Gasteiger partial charge on any atom is 0.120 e. The van der Waals surface area contributed by atoms with Gasteiger partial charge in [-0.2, -0.15) is 0 Å². The molecule has 1 aromatic carbocycles. The van der Waals surface area contributed by atoms with Crippen molar-refractivity contribution in [1.29, 1.82) is 0 Å². The third kappa shape index (κ3) is 3.60. The van der Waals surface area contributed by atoms with Crippen molar-refractivity contribution in [3.63, 3.8) is 0 Å². The standard InChI is InChI=1S/C15H18ClNO2/c1-10-3-8-15(19-10)11(2)17-14(9-18)12-4-6-13(16)7-5-12/h3-8,11,14,17-18H,9H2,1-2H3. The maximum atomic E-state index is 9.52. The van der Waals surface area contributed by atoms with Crippen LogP contribution in [0.3, 0.4) is 0 Å². The van der Waals surface area contributed by atoms with Gasteiger partial charge in [0.1, 0.15) is 11.5 Å². The highest BCUT2D eigenvalue weighted by atomic mass is 35.5. The van der Waals surface area contributed by atoms with E-state index in [1.165, 1.54) is 0 Å². The second-order valence-corrected chi connectivity index (χ2v) is 5.06. The highest BCUT2D eigenvalue weighted by molar-refractivity contribution is 6.30. The summed E-state index contributed by atoms with van der Waals surface area (Å²) < 4.78 is 5.58. The summed E-state index contributed by atoms with van der Waals surface area (Å²) in [6.45, 7) is 3.95. The van der Waals surface area contributed by atoms with E-state index in [1.807, 2.05) is 50.2 Å². The minimum atomic E-state index is -0.141. The third-order valence-electron chi connectivity index (χ3n) is 3.09. The second-order valence-electron chi connectivity index (χ2n) is 4.62. The number of hydrogen-bond donors (Lipinski definition) is 2. The molecule has 2 unspecified atom stereocenters. The highest BCUT2D eigenvalue weighted by Gasteiger charge is 2.16. The number of furan rings is 1. The Balaban J connectivity index is 2.08. The van der Waals surface area contributed by atoms with Crippen LogP contribution in [0.2, 0.25) is 5.02 Å². The molecule has 0 saturated carbocycles. The lowest BCUT2D eigenvalue weighted by molar-refractivity contribution is 0.230. The number of rotatable bonds is 5. The van der Waals surface area contributed by atoms with Gasteiger partial charge in [-0.3, -0.25) is 5.32 Å². The van der Waals surface area contributed by atoms with Crippen LogP contribution in [0.15, 0.2) is 40.8 Å². The summed E-state index contributed by atoms with van der Waals surface area (Å²) in [6.07, 6.45) is 0. The van der Waals surface area contributed by atoms with Crippen LogP contribution in [0.5, 0.6) is 0 Å². The summed E-state index contributed by atoms with van der Waals surface area (Å²) in [6, 6.07) is 11.2. The van der Waals surface area contributed by atoms with Gasteiger partial charge in [0.2, 0.25) is 0 Å². The average molecular weight is 280 g/mol. The zero-order valence-corrected chi connectivity index (χ0v) is 11.8. The predicted octanol–water partition coefficient (Wildman–Crippen LogP) is 3.63. The van der Waals surface area contributed by atoms with Crippen molar-refractivity contribution in [2.45, 2.75) is 25.9 Å². The Morgan fingerprint density at radius 1 is 1.21 bits per heavy atom. The fourth-order valence-corrected chi connectivity index (χ4v) is 2.15. The van der Waals surface area contributed by atoms with Crippen molar-refractivity contribution in [3.8, 4) is 0 Å². The molecule has 2 rings (SSSR count). The summed E-state index contributed by atoms with van der Waals surface area (Å²) >= 11 is 5.87. The zero-order valence-electron chi connectivity index (χ0n) is 11.1. The number of aliphatic hydroxyl groups excluding tert-OH is 1. The number of aryl methyl sites for hydroxylation is 1. The van der Waals surface area contributed by atoms with Crippen LogP contribution in [0.1, 0.15) is 36.1 Å². The number of benzene rings is 1. The molecule has 0 fully saturated rings. The summed E-state index contributed by atoms with van der Waals surface area (Å²) in [7, 11) is 0. The van der Waals surface area contributed by atoms with Crippen molar-refractivity contribution in [1.82, 2.24) is 5.32 Å². The molecule has 0 radical (unpaired) electrons. The van der Waals surface area contributed by atoms with Crippen LogP contribution in [-0.4, -0.2) is 11.7 Å². The second kappa shape index (κ2) is 6.24. The van der Waals surface area contributed by atoms with E-state index in [1.54, 1.807) is 0 Å². The van der Waals surface area contributed by atoms with E-state index < -0.39 is 0 Å². The molecular formula is C15H18ClNO2. The Morgan fingerprint density at radius 3 is 2.42 bits per heavy atom. The molecule has 0 saturated heterocycles. The van der Waals surface area contributed by atoms with Crippen LogP contribution in [0.25, 0.3) is 0 Å². The molecule has 0 amide bonds. The fraction of sp³-hybridized carbons (Fsp3) is 0.333. The van der Waals surface area contributed by atoms with Crippen molar-refractivity contribution in [3.05, 3.63) is 58.5 Å². The number of hydrogen-bond acceptors (Lipinski definition) is 3. The molecule has 1 aromatic heterocycles. The van der Waals surface area contributed by atoms with Gasteiger partial charge in [-0.15, -0.1) is 0 Å². The van der Waals surface area contributed by atoms with E-state index in [4.69, 9.17) is 16.0 Å². The summed E-state index contributed by atoms with van der Waals surface area (Å²) in [5, 5.41) is 13.6. The lowest BCUT2D eigenvalue weighted by atomic mass is 10.1. The average Bonchev–Trinajstić information content (AvgIpc) is 2.84.